The second-order valence-electron chi connectivity index (χ2n) is 4.30. The number of aromatic nitrogens is 1. The quantitative estimate of drug-likeness (QED) is 0.680. The molecule has 20 heavy (non-hydrogen) atoms. The van der Waals surface area contributed by atoms with Crippen molar-refractivity contribution in [2.24, 2.45) is 0 Å². The lowest BCUT2D eigenvalue weighted by atomic mass is 10.1. The zero-order valence-corrected chi connectivity index (χ0v) is 10.8. The van der Waals surface area contributed by atoms with E-state index in [0.29, 0.717) is 12.1 Å². The van der Waals surface area contributed by atoms with E-state index in [1.807, 2.05) is 6.07 Å². The third-order valence-electron chi connectivity index (χ3n) is 2.72. The molecule has 0 amide bonds. The van der Waals surface area contributed by atoms with E-state index in [1.165, 1.54) is 6.07 Å². The molecule has 1 aromatic heterocycles. The Bertz CT molecular complexity index is 692. The monoisotopic (exact) mass is 268 g/mol. The molecule has 0 saturated carbocycles. The van der Waals surface area contributed by atoms with Gasteiger partial charge < -0.3 is 5.32 Å². The van der Waals surface area contributed by atoms with E-state index in [2.05, 4.69) is 16.4 Å². The zero-order valence-electron chi connectivity index (χ0n) is 10.8. The molecule has 1 N–H and O–H groups in total. The molecule has 6 heteroatoms. The van der Waals surface area contributed by atoms with Crippen molar-refractivity contribution in [2.45, 2.75) is 13.5 Å². The highest BCUT2D eigenvalue weighted by molar-refractivity contribution is 5.56. The largest absolute Gasteiger partial charge is 0.360 e. The number of nitrogens with zero attached hydrogens (tertiary/aromatic N) is 3. The predicted octanol–water partition coefficient (Wildman–Crippen LogP) is 2.78. The Kier molecular flexibility index (Phi) is 3.91. The Labute approximate surface area is 115 Å². The van der Waals surface area contributed by atoms with E-state index in [1.54, 1.807) is 31.3 Å². The summed E-state index contributed by atoms with van der Waals surface area (Å²) in [5, 5.41) is 22.7. The van der Waals surface area contributed by atoms with Gasteiger partial charge in [0, 0.05) is 18.8 Å². The summed E-state index contributed by atoms with van der Waals surface area (Å²) in [7, 11) is 0. The third-order valence-corrected chi connectivity index (χ3v) is 2.72. The smallest absolute Gasteiger partial charge is 0.311 e. The molecule has 0 fully saturated rings. The van der Waals surface area contributed by atoms with Gasteiger partial charge in [-0.1, -0.05) is 12.1 Å². The second-order valence-corrected chi connectivity index (χ2v) is 4.30. The molecular formula is C14H12N4O2. The van der Waals surface area contributed by atoms with Gasteiger partial charge in [-0.05, 0) is 30.2 Å². The fraction of sp³-hybridized carbons (Fsp3) is 0.143. The van der Waals surface area contributed by atoms with Crippen molar-refractivity contribution in [3.63, 3.8) is 0 Å². The first-order valence-electron chi connectivity index (χ1n) is 5.94. The van der Waals surface area contributed by atoms with Crippen molar-refractivity contribution in [1.29, 1.82) is 5.26 Å². The van der Waals surface area contributed by atoms with Gasteiger partial charge in [0.25, 0.3) is 0 Å². The van der Waals surface area contributed by atoms with Crippen LogP contribution in [0.25, 0.3) is 0 Å². The summed E-state index contributed by atoms with van der Waals surface area (Å²) in [4.78, 5) is 14.5. The topological polar surface area (TPSA) is 91.8 Å². The first kappa shape index (κ1) is 13.5. The Morgan fingerprint density at radius 1 is 1.45 bits per heavy atom. The molecule has 0 aliphatic heterocycles. The Balaban J connectivity index is 2.19. The van der Waals surface area contributed by atoms with E-state index in [4.69, 9.17) is 5.26 Å². The highest BCUT2D eigenvalue weighted by Crippen LogP contribution is 2.23. The number of benzene rings is 1. The van der Waals surface area contributed by atoms with Crippen LogP contribution in [0.3, 0.4) is 0 Å². The number of aryl methyl sites for hydroxylation is 1. The first-order chi connectivity index (χ1) is 9.60. The summed E-state index contributed by atoms with van der Waals surface area (Å²) in [6.07, 6.45) is 1.57. The number of hydrogen-bond acceptors (Lipinski definition) is 5. The third kappa shape index (κ3) is 3.09. The van der Waals surface area contributed by atoms with Gasteiger partial charge in [-0.25, -0.2) is 4.98 Å². The maximum Gasteiger partial charge on any atom is 0.311 e. The summed E-state index contributed by atoms with van der Waals surface area (Å²) < 4.78 is 0. The number of pyridine rings is 1. The molecule has 0 atom stereocenters. The zero-order chi connectivity index (χ0) is 14.5. The SMILES string of the molecule is Cc1cnc(NCc2cccc(C#N)c2)c([N+](=O)[O-])c1. The second kappa shape index (κ2) is 5.80. The molecule has 0 unspecified atom stereocenters. The van der Waals surface area contributed by atoms with Crippen molar-refractivity contribution in [3.05, 3.63) is 63.3 Å². The molecule has 0 bridgehead atoms. The molecule has 0 spiro atoms. The predicted molar refractivity (Wildman–Crippen MR) is 74.1 cm³/mol. The van der Waals surface area contributed by atoms with Crippen LogP contribution in [0.4, 0.5) is 11.5 Å². The minimum atomic E-state index is -0.464. The molecule has 2 rings (SSSR count). The van der Waals surface area contributed by atoms with Crippen molar-refractivity contribution >= 4 is 11.5 Å². The fourth-order valence-corrected chi connectivity index (χ4v) is 1.77. The standard InChI is InChI=1S/C14H12N4O2/c1-10-5-13(18(19)20)14(16-8-10)17-9-12-4-2-3-11(6-12)7-15/h2-6,8H,9H2,1H3,(H,16,17). The summed E-state index contributed by atoms with van der Waals surface area (Å²) in [6.45, 7) is 2.12. The van der Waals surface area contributed by atoms with Gasteiger partial charge in [-0.15, -0.1) is 0 Å². The Morgan fingerprint density at radius 3 is 2.95 bits per heavy atom. The van der Waals surface area contributed by atoms with E-state index >= 15 is 0 Å². The summed E-state index contributed by atoms with van der Waals surface area (Å²) in [5.74, 6) is 0.225. The Morgan fingerprint density at radius 2 is 2.25 bits per heavy atom. The van der Waals surface area contributed by atoms with Gasteiger partial charge >= 0.3 is 5.69 Å². The van der Waals surface area contributed by atoms with Crippen LogP contribution in [0.15, 0.2) is 36.5 Å². The molecule has 1 heterocycles. The maximum atomic E-state index is 11.0. The van der Waals surface area contributed by atoms with Crippen molar-refractivity contribution in [3.8, 4) is 6.07 Å². The van der Waals surface area contributed by atoms with Crippen LogP contribution in [0, 0.1) is 28.4 Å². The van der Waals surface area contributed by atoms with E-state index in [-0.39, 0.29) is 11.5 Å². The van der Waals surface area contributed by atoms with Gasteiger partial charge in [0.1, 0.15) is 0 Å². The van der Waals surface area contributed by atoms with Crippen molar-refractivity contribution < 1.29 is 4.92 Å². The Hall–Kier alpha value is -2.94. The summed E-state index contributed by atoms with van der Waals surface area (Å²) >= 11 is 0. The van der Waals surface area contributed by atoms with Gasteiger partial charge in [-0.2, -0.15) is 5.26 Å². The molecular weight excluding hydrogens is 256 g/mol. The summed E-state index contributed by atoms with van der Waals surface area (Å²) in [5.41, 5.74) is 2.09. The maximum absolute atomic E-state index is 11.0. The van der Waals surface area contributed by atoms with Crippen LogP contribution in [0.5, 0.6) is 0 Å². The average molecular weight is 268 g/mol. The van der Waals surface area contributed by atoms with Crippen LogP contribution < -0.4 is 5.32 Å². The van der Waals surface area contributed by atoms with Crippen LogP contribution in [0.1, 0.15) is 16.7 Å². The van der Waals surface area contributed by atoms with E-state index in [0.717, 1.165) is 11.1 Å². The molecule has 2 aromatic rings. The number of hydrogen-bond donors (Lipinski definition) is 1. The van der Waals surface area contributed by atoms with E-state index in [9.17, 15) is 10.1 Å². The number of rotatable bonds is 4. The van der Waals surface area contributed by atoms with Crippen LogP contribution in [-0.4, -0.2) is 9.91 Å². The van der Waals surface area contributed by atoms with Crippen LogP contribution in [0.2, 0.25) is 0 Å². The minimum Gasteiger partial charge on any atom is -0.360 e. The van der Waals surface area contributed by atoms with Crippen molar-refractivity contribution in [1.82, 2.24) is 4.98 Å². The average Bonchev–Trinajstić information content (AvgIpc) is 2.46. The molecule has 0 aliphatic rings. The van der Waals surface area contributed by atoms with Gasteiger partial charge in [0.15, 0.2) is 0 Å². The van der Waals surface area contributed by atoms with Gasteiger partial charge in [-0.3, -0.25) is 10.1 Å². The van der Waals surface area contributed by atoms with Gasteiger partial charge in [0.2, 0.25) is 5.82 Å². The first-order valence-corrected chi connectivity index (χ1v) is 5.94. The number of nitrogens with one attached hydrogen (secondary N) is 1. The van der Waals surface area contributed by atoms with E-state index < -0.39 is 4.92 Å². The normalized spacial score (nSPS) is 9.80. The highest BCUT2D eigenvalue weighted by atomic mass is 16.6. The summed E-state index contributed by atoms with van der Waals surface area (Å²) in [6, 6.07) is 10.6. The highest BCUT2D eigenvalue weighted by Gasteiger charge is 2.14. The molecule has 1 aromatic carbocycles. The van der Waals surface area contributed by atoms with Crippen LogP contribution >= 0.6 is 0 Å². The van der Waals surface area contributed by atoms with Crippen LogP contribution in [-0.2, 0) is 6.54 Å². The number of nitriles is 1. The number of anilines is 1. The molecule has 0 saturated heterocycles. The lowest BCUT2D eigenvalue weighted by Crippen LogP contribution is -2.05. The molecule has 6 nitrogen and oxygen atoms in total. The van der Waals surface area contributed by atoms with Gasteiger partial charge in [0.05, 0.1) is 16.6 Å². The molecule has 0 aliphatic carbocycles. The molecule has 100 valence electrons. The fourth-order valence-electron chi connectivity index (χ4n) is 1.77. The lowest BCUT2D eigenvalue weighted by Gasteiger charge is -2.07. The number of nitro groups is 1. The minimum absolute atomic E-state index is 0.0542. The molecule has 0 radical (unpaired) electrons. The van der Waals surface area contributed by atoms with Crippen molar-refractivity contribution in [2.75, 3.05) is 5.32 Å². The lowest BCUT2D eigenvalue weighted by molar-refractivity contribution is -0.384.